The van der Waals surface area contributed by atoms with Gasteiger partial charge in [-0.3, -0.25) is 9.78 Å². The van der Waals surface area contributed by atoms with Gasteiger partial charge in [0.1, 0.15) is 11.4 Å². The minimum absolute atomic E-state index is 0.0967. The van der Waals surface area contributed by atoms with Gasteiger partial charge in [-0.1, -0.05) is 6.08 Å². The lowest BCUT2D eigenvalue weighted by Crippen LogP contribution is -2.24. The van der Waals surface area contributed by atoms with Crippen LogP contribution in [0.2, 0.25) is 0 Å². The number of carbonyl (C=O) groups excluding carboxylic acids is 1. The number of allylic oxidation sites excluding steroid dienone is 6. The van der Waals surface area contributed by atoms with Gasteiger partial charge >= 0.3 is 0 Å². The van der Waals surface area contributed by atoms with Crippen molar-refractivity contribution in [3.05, 3.63) is 70.1 Å². The summed E-state index contributed by atoms with van der Waals surface area (Å²) in [5.41, 5.74) is 6.13. The highest BCUT2D eigenvalue weighted by atomic mass is 16.3. The van der Waals surface area contributed by atoms with Crippen molar-refractivity contribution in [2.45, 2.75) is 13.0 Å². The zero-order valence-electron chi connectivity index (χ0n) is 10.7. The highest BCUT2D eigenvalue weighted by Crippen LogP contribution is 2.51. The molecular weight excluding hydrogens is 252 g/mol. The quantitative estimate of drug-likeness (QED) is 0.876. The van der Waals surface area contributed by atoms with Gasteiger partial charge in [-0.2, -0.15) is 0 Å². The minimum Gasteiger partial charge on any atom is -0.506 e. The van der Waals surface area contributed by atoms with E-state index in [2.05, 4.69) is 16.4 Å². The summed E-state index contributed by atoms with van der Waals surface area (Å²) in [4.78, 5) is 16.3. The number of nitrogens with zero attached hydrogens (tertiary/aromatic N) is 1. The highest BCUT2D eigenvalue weighted by molar-refractivity contribution is 6.01. The predicted molar refractivity (Wildman–Crippen MR) is 73.6 cm³/mol. The molecule has 0 bridgehead atoms. The number of fused-ring (bicyclic) bond motifs is 2. The second kappa shape index (κ2) is 3.93. The van der Waals surface area contributed by atoms with Gasteiger partial charge in [0, 0.05) is 11.8 Å². The molecule has 0 unspecified atom stereocenters. The molecule has 0 spiro atoms. The molecule has 3 aliphatic rings. The molecule has 1 aromatic rings. The molecule has 0 aromatic carbocycles. The Morgan fingerprint density at radius 1 is 1.35 bits per heavy atom. The normalized spacial score (nSPS) is 18.1. The molecule has 98 valence electrons. The fourth-order valence-electron chi connectivity index (χ4n) is 2.66. The van der Waals surface area contributed by atoms with Crippen LogP contribution >= 0.6 is 0 Å². The highest BCUT2D eigenvalue weighted by Gasteiger charge is 2.35. The van der Waals surface area contributed by atoms with Crippen molar-refractivity contribution in [2.75, 3.05) is 0 Å². The molecule has 4 rings (SSSR count). The fraction of sp³-hybridized carbons (Fsp3) is 0.125. The SMILES string of the molecule is O=C(NCc1ncccc1O)C1=C2C=C3CC3=C2C=C1. The van der Waals surface area contributed by atoms with Gasteiger partial charge in [0.25, 0.3) is 5.91 Å². The van der Waals surface area contributed by atoms with Crippen molar-refractivity contribution in [3.8, 4) is 5.75 Å². The van der Waals surface area contributed by atoms with E-state index in [0.29, 0.717) is 11.3 Å². The van der Waals surface area contributed by atoms with Gasteiger partial charge in [-0.15, -0.1) is 0 Å². The molecule has 1 fully saturated rings. The van der Waals surface area contributed by atoms with E-state index < -0.39 is 0 Å². The summed E-state index contributed by atoms with van der Waals surface area (Å²) < 4.78 is 0. The maximum absolute atomic E-state index is 12.2. The first-order valence-corrected chi connectivity index (χ1v) is 6.52. The van der Waals surface area contributed by atoms with Crippen LogP contribution in [0.15, 0.2) is 64.4 Å². The van der Waals surface area contributed by atoms with Crippen LogP contribution in [0, 0.1) is 0 Å². The van der Waals surface area contributed by atoms with Gasteiger partial charge in [-0.05, 0) is 53.0 Å². The van der Waals surface area contributed by atoms with Crippen LogP contribution in [0.4, 0.5) is 0 Å². The topological polar surface area (TPSA) is 62.2 Å². The van der Waals surface area contributed by atoms with Crippen LogP contribution < -0.4 is 5.32 Å². The Bertz CT molecular complexity index is 766. The van der Waals surface area contributed by atoms with Crippen molar-refractivity contribution in [2.24, 2.45) is 0 Å². The number of pyridine rings is 1. The Labute approximate surface area is 115 Å². The number of aromatic nitrogens is 1. The average molecular weight is 264 g/mol. The minimum atomic E-state index is -0.130. The van der Waals surface area contributed by atoms with Gasteiger partial charge in [0.15, 0.2) is 0 Å². The molecule has 4 heteroatoms. The van der Waals surface area contributed by atoms with Crippen molar-refractivity contribution in [1.82, 2.24) is 10.3 Å². The van der Waals surface area contributed by atoms with E-state index >= 15 is 0 Å². The monoisotopic (exact) mass is 264 g/mol. The number of amides is 1. The summed E-state index contributed by atoms with van der Waals surface area (Å²) in [6.45, 7) is 0.221. The summed E-state index contributed by atoms with van der Waals surface area (Å²) in [5, 5.41) is 12.4. The summed E-state index contributed by atoms with van der Waals surface area (Å²) in [5.74, 6) is -0.0329. The lowest BCUT2D eigenvalue weighted by atomic mass is 10.1. The molecule has 4 nitrogen and oxygen atoms in total. The van der Waals surface area contributed by atoms with E-state index in [4.69, 9.17) is 0 Å². The average Bonchev–Trinajstić information content (AvgIpc) is 2.93. The Balaban J connectivity index is 1.52. The van der Waals surface area contributed by atoms with Crippen LogP contribution in [0.3, 0.4) is 0 Å². The maximum atomic E-state index is 12.2. The molecular formula is C16H12N2O2. The first kappa shape index (κ1) is 11.2. The summed E-state index contributed by atoms with van der Waals surface area (Å²) in [6, 6.07) is 3.21. The van der Waals surface area contributed by atoms with E-state index in [9.17, 15) is 9.90 Å². The molecule has 1 heterocycles. The van der Waals surface area contributed by atoms with Crippen molar-refractivity contribution < 1.29 is 9.90 Å². The number of hydrogen-bond acceptors (Lipinski definition) is 3. The first-order valence-electron chi connectivity index (χ1n) is 6.52. The van der Waals surface area contributed by atoms with Crippen molar-refractivity contribution in [1.29, 1.82) is 0 Å². The Morgan fingerprint density at radius 2 is 2.25 bits per heavy atom. The Morgan fingerprint density at radius 3 is 3.10 bits per heavy atom. The lowest BCUT2D eigenvalue weighted by molar-refractivity contribution is -0.117. The third-order valence-electron chi connectivity index (χ3n) is 3.80. The van der Waals surface area contributed by atoms with E-state index in [1.165, 1.54) is 16.7 Å². The summed E-state index contributed by atoms with van der Waals surface area (Å²) in [7, 11) is 0. The van der Waals surface area contributed by atoms with E-state index in [1.54, 1.807) is 18.3 Å². The third kappa shape index (κ3) is 1.61. The standard InChI is InChI=1S/C16H12N2O2/c19-15-2-1-5-17-14(15)8-18-16(20)11-4-3-10-12-6-9(12)7-13(10)11/h1-5,7,19H,6,8H2,(H,18,20). The Hall–Kier alpha value is -2.62. The number of aromatic hydroxyl groups is 1. The van der Waals surface area contributed by atoms with Crippen LogP contribution in [-0.4, -0.2) is 16.0 Å². The van der Waals surface area contributed by atoms with Crippen LogP contribution in [0.25, 0.3) is 0 Å². The molecule has 20 heavy (non-hydrogen) atoms. The molecule has 0 saturated heterocycles. The zero-order valence-corrected chi connectivity index (χ0v) is 10.7. The van der Waals surface area contributed by atoms with Crippen LogP contribution in [0.5, 0.6) is 5.75 Å². The number of hydrogen-bond donors (Lipinski definition) is 2. The predicted octanol–water partition coefficient (Wildman–Crippen LogP) is 1.91. The molecule has 0 atom stereocenters. The fourth-order valence-corrected chi connectivity index (χ4v) is 2.66. The van der Waals surface area contributed by atoms with E-state index in [0.717, 1.165) is 12.0 Å². The number of carbonyl (C=O) groups is 1. The summed E-state index contributed by atoms with van der Waals surface area (Å²) in [6.07, 6.45) is 8.62. The number of nitrogens with one attached hydrogen (secondary N) is 1. The van der Waals surface area contributed by atoms with Crippen molar-refractivity contribution in [3.63, 3.8) is 0 Å². The van der Waals surface area contributed by atoms with Crippen LogP contribution in [-0.2, 0) is 11.3 Å². The number of rotatable bonds is 3. The molecule has 3 aliphatic carbocycles. The zero-order chi connectivity index (χ0) is 13.7. The van der Waals surface area contributed by atoms with Gasteiger partial charge < -0.3 is 10.4 Å². The molecule has 2 N–H and O–H groups in total. The summed E-state index contributed by atoms with van der Waals surface area (Å²) >= 11 is 0. The van der Waals surface area contributed by atoms with Crippen LogP contribution in [0.1, 0.15) is 12.1 Å². The first-order chi connectivity index (χ1) is 9.74. The second-order valence-corrected chi connectivity index (χ2v) is 5.05. The van der Waals surface area contributed by atoms with Gasteiger partial charge in [-0.25, -0.2) is 0 Å². The van der Waals surface area contributed by atoms with Crippen molar-refractivity contribution >= 4 is 5.91 Å². The molecule has 0 radical (unpaired) electrons. The molecule has 1 amide bonds. The van der Waals surface area contributed by atoms with Gasteiger partial charge in [0.2, 0.25) is 0 Å². The van der Waals surface area contributed by atoms with E-state index in [1.807, 2.05) is 12.2 Å². The molecule has 0 aliphatic heterocycles. The van der Waals surface area contributed by atoms with E-state index in [-0.39, 0.29) is 18.2 Å². The maximum Gasteiger partial charge on any atom is 0.252 e. The second-order valence-electron chi connectivity index (χ2n) is 5.05. The molecule has 1 aromatic heterocycles. The molecule has 1 saturated carbocycles. The largest absolute Gasteiger partial charge is 0.506 e. The lowest BCUT2D eigenvalue weighted by Gasteiger charge is -2.07. The Kier molecular flexibility index (Phi) is 2.21. The smallest absolute Gasteiger partial charge is 0.252 e. The third-order valence-corrected chi connectivity index (χ3v) is 3.80. The van der Waals surface area contributed by atoms with Gasteiger partial charge in [0.05, 0.1) is 6.54 Å².